The summed E-state index contributed by atoms with van der Waals surface area (Å²) in [5.41, 5.74) is -3.81. The van der Waals surface area contributed by atoms with E-state index in [2.05, 4.69) is 5.09 Å². The number of H-pyrrole nitrogens is 1. The number of fused-ring (bicyclic) bond motifs is 2. The fourth-order valence-electron chi connectivity index (χ4n) is 3.92. The lowest BCUT2D eigenvalue weighted by Crippen LogP contribution is -2.46. The van der Waals surface area contributed by atoms with Gasteiger partial charge in [0.2, 0.25) is 5.82 Å². The minimum Gasteiger partial charge on any atom is -0.462 e. The molecule has 0 saturated carbocycles. The van der Waals surface area contributed by atoms with Crippen LogP contribution in [-0.4, -0.2) is 63.8 Å². The number of aliphatic hydroxyl groups is 1. The first-order valence-corrected chi connectivity index (χ1v) is 12.9. The summed E-state index contributed by atoms with van der Waals surface area (Å²) < 4.78 is 56.0. The standard InChI is InChI=1S/C22H27FN3O10P/c1-12(2)34-20(29)13(3)25-37(31,36-14-7-5-4-6-8-14)33-11-22-10-32-16(17(22)27)19(35-22)26-9-15(23)18(28)24-21(26)30/h4-9,12-13,16-17,19,27H,10-11H2,1-3H3,(H,25,31)(H,24,28,30)/t13-,16-,17+,19-,22-,37?/m1/s1. The van der Waals surface area contributed by atoms with Gasteiger partial charge in [0.15, 0.2) is 6.23 Å². The van der Waals surface area contributed by atoms with Crippen LogP contribution in [0.2, 0.25) is 0 Å². The van der Waals surface area contributed by atoms with E-state index in [0.717, 1.165) is 4.57 Å². The van der Waals surface area contributed by atoms with Crippen molar-refractivity contribution in [2.75, 3.05) is 13.2 Å². The van der Waals surface area contributed by atoms with E-state index in [1.165, 1.54) is 19.1 Å². The number of hydrogen-bond acceptors (Lipinski definition) is 10. The van der Waals surface area contributed by atoms with E-state index in [1.807, 2.05) is 4.98 Å². The Balaban J connectivity index is 1.55. The van der Waals surface area contributed by atoms with Gasteiger partial charge >= 0.3 is 19.4 Å². The number of nitrogens with zero attached hydrogens (tertiary/aromatic N) is 1. The van der Waals surface area contributed by atoms with Gasteiger partial charge in [0, 0.05) is 0 Å². The van der Waals surface area contributed by atoms with Gasteiger partial charge < -0.3 is 23.8 Å². The number of halogens is 1. The van der Waals surface area contributed by atoms with Crippen LogP contribution in [0, 0.1) is 5.82 Å². The molecule has 1 aromatic heterocycles. The van der Waals surface area contributed by atoms with Gasteiger partial charge in [0.05, 0.1) is 25.5 Å². The predicted molar refractivity (Wildman–Crippen MR) is 124 cm³/mol. The number of aliphatic hydroxyl groups excluding tert-OH is 1. The van der Waals surface area contributed by atoms with Crippen molar-refractivity contribution in [3.8, 4) is 5.75 Å². The van der Waals surface area contributed by atoms with E-state index in [9.17, 15) is 28.4 Å². The molecule has 15 heteroatoms. The molecule has 202 valence electrons. The van der Waals surface area contributed by atoms with E-state index in [1.54, 1.807) is 32.0 Å². The molecule has 6 atom stereocenters. The van der Waals surface area contributed by atoms with E-state index >= 15 is 0 Å². The highest BCUT2D eigenvalue weighted by Crippen LogP contribution is 2.50. The summed E-state index contributed by atoms with van der Waals surface area (Å²) in [5.74, 6) is -1.77. The molecule has 2 fully saturated rings. The van der Waals surface area contributed by atoms with Gasteiger partial charge in [-0.2, -0.15) is 9.48 Å². The third kappa shape index (κ3) is 5.69. The Morgan fingerprint density at radius 3 is 2.70 bits per heavy atom. The quantitative estimate of drug-likeness (QED) is 0.287. The minimum atomic E-state index is -4.30. The van der Waals surface area contributed by atoms with Gasteiger partial charge in [-0.25, -0.2) is 9.36 Å². The molecule has 0 aliphatic carbocycles. The number of para-hydroxylation sites is 1. The molecule has 3 heterocycles. The fourth-order valence-corrected chi connectivity index (χ4v) is 5.46. The van der Waals surface area contributed by atoms with Crippen molar-refractivity contribution < 1.29 is 42.1 Å². The molecule has 1 unspecified atom stereocenters. The van der Waals surface area contributed by atoms with E-state index in [0.29, 0.717) is 6.20 Å². The van der Waals surface area contributed by atoms with Gasteiger partial charge in [0.25, 0.3) is 5.56 Å². The molecule has 2 saturated heterocycles. The number of carbonyl (C=O) groups is 1. The Kier molecular flexibility index (Phi) is 7.70. The zero-order chi connectivity index (χ0) is 27.0. The second kappa shape index (κ2) is 10.5. The molecule has 37 heavy (non-hydrogen) atoms. The Morgan fingerprint density at radius 2 is 2.03 bits per heavy atom. The van der Waals surface area contributed by atoms with Crippen molar-refractivity contribution in [3.63, 3.8) is 0 Å². The first-order valence-electron chi connectivity index (χ1n) is 11.4. The number of benzene rings is 1. The molecule has 3 N–H and O–H groups in total. The molecule has 2 aromatic rings. The van der Waals surface area contributed by atoms with Gasteiger partial charge in [-0.05, 0) is 32.9 Å². The summed E-state index contributed by atoms with van der Waals surface area (Å²) >= 11 is 0. The average molecular weight is 543 g/mol. The second-order valence-corrected chi connectivity index (χ2v) is 10.6. The predicted octanol–water partition coefficient (Wildman–Crippen LogP) is 0.836. The van der Waals surface area contributed by atoms with Gasteiger partial charge in [-0.3, -0.25) is 23.7 Å². The van der Waals surface area contributed by atoms with Gasteiger partial charge in [-0.1, -0.05) is 18.2 Å². The number of hydrogen-bond donors (Lipinski definition) is 3. The Morgan fingerprint density at radius 1 is 1.32 bits per heavy atom. The van der Waals surface area contributed by atoms with Gasteiger partial charge in [-0.15, -0.1) is 0 Å². The second-order valence-electron chi connectivity index (χ2n) is 8.95. The Hall–Kier alpha value is -2.87. The SMILES string of the molecule is CC(C)OC(=O)[C@@H](C)NP(=O)(OC[C@@]12CO[C@@H]([C@H](n3cc(F)c(=O)[nH]c3=O)O1)[C@@H]2O)Oc1ccccc1. The summed E-state index contributed by atoms with van der Waals surface area (Å²) in [5, 5.41) is 13.4. The summed E-state index contributed by atoms with van der Waals surface area (Å²) in [6, 6.07) is 6.94. The topological polar surface area (TPSA) is 167 Å². The first-order chi connectivity index (χ1) is 17.4. The molecular weight excluding hydrogens is 516 g/mol. The molecule has 2 bridgehead atoms. The van der Waals surface area contributed by atoms with Crippen LogP contribution >= 0.6 is 7.75 Å². The molecule has 1 aromatic carbocycles. The highest BCUT2D eigenvalue weighted by molar-refractivity contribution is 7.52. The lowest BCUT2D eigenvalue weighted by Gasteiger charge is -2.32. The van der Waals surface area contributed by atoms with Crippen LogP contribution in [0.3, 0.4) is 0 Å². The van der Waals surface area contributed by atoms with Crippen LogP contribution in [0.1, 0.15) is 27.0 Å². The zero-order valence-electron chi connectivity index (χ0n) is 20.2. The Labute approximate surface area is 210 Å². The van der Waals surface area contributed by atoms with Crippen molar-refractivity contribution >= 4 is 13.7 Å². The number of rotatable bonds is 10. The van der Waals surface area contributed by atoms with E-state index in [-0.39, 0.29) is 12.4 Å². The highest BCUT2D eigenvalue weighted by Gasteiger charge is 2.63. The maximum Gasteiger partial charge on any atom is 0.459 e. The normalized spacial score (nSPS) is 27.1. The van der Waals surface area contributed by atoms with Gasteiger partial charge in [0.1, 0.15) is 29.6 Å². The fraction of sp³-hybridized carbons (Fsp3) is 0.500. The van der Waals surface area contributed by atoms with Crippen LogP contribution in [0.4, 0.5) is 4.39 Å². The number of carbonyl (C=O) groups excluding carboxylic acids is 1. The maximum atomic E-state index is 13.8. The largest absolute Gasteiger partial charge is 0.462 e. The van der Waals surface area contributed by atoms with Crippen molar-refractivity contribution in [3.05, 3.63) is 63.2 Å². The molecule has 2 aliphatic rings. The molecular formula is C22H27FN3O10P. The molecule has 2 aliphatic heterocycles. The number of esters is 1. The zero-order valence-corrected chi connectivity index (χ0v) is 21.1. The Bertz CT molecular complexity index is 1300. The first kappa shape index (κ1) is 27.2. The van der Waals surface area contributed by atoms with Crippen LogP contribution in [0.15, 0.2) is 46.1 Å². The van der Waals surface area contributed by atoms with E-state index in [4.69, 9.17) is 23.3 Å². The summed E-state index contributed by atoms with van der Waals surface area (Å²) in [6.07, 6.45) is -3.58. The molecule has 0 amide bonds. The van der Waals surface area contributed by atoms with E-state index < -0.39 is 73.6 Å². The summed E-state index contributed by atoms with van der Waals surface area (Å²) in [4.78, 5) is 37.7. The van der Waals surface area contributed by atoms with Crippen molar-refractivity contribution in [1.82, 2.24) is 14.6 Å². The molecule has 0 radical (unpaired) electrons. The molecule has 0 spiro atoms. The average Bonchev–Trinajstić information content (AvgIpc) is 3.29. The third-order valence-electron chi connectivity index (χ3n) is 5.71. The lowest BCUT2D eigenvalue weighted by atomic mass is 10.0. The molecule has 4 rings (SSSR count). The smallest absolute Gasteiger partial charge is 0.459 e. The maximum absolute atomic E-state index is 13.8. The van der Waals surface area contributed by atoms with Crippen LogP contribution < -0.4 is 20.9 Å². The highest BCUT2D eigenvalue weighted by atomic mass is 31.2. The number of aromatic amines is 1. The van der Waals surface area contributed by atoms with Crippen molar-refractivity contribution in [2.45, 2.75) is 57.0 Å². The summed E-state index contributed by atoms with van der Waals surface area (Å²) in [6.45, 7) is 3.95. The third-order valence-corrected chi connectivity index (χ3v) is 7.33. The number of nitrogens with one attached hydrogen (secondary N) is 2. The van der Waals surface area contributed by atoms with Crippen LogP contribution in [0.5, 0.6) is 5.75 Å². The lowest BCUT2D eigenvalue weighted by molar-refractivity contribution is -0.185. The number of aromatic nitrogens is 2. The molecule has 13 nitrogen and oxygen atoms in total. The monoisotopic (exact) mass is 543 g/mol. The van der Waals surface area contributed by atoms with Crippen molar-refractivity contribution in [1.29, 1.82) is 0 Å². The summed E-state index contributed by atoms with van der Waals surface area (Å²) in [7, 11) is -4.30. The van der Waals surface area contributed by atoms with Crippen LogP contribution in [-0.2, 0) is 28.1 Å². The minimum absolute atomic E-state index is 0.168. The van der Waals surface area contributed by atoms with Crippen molar-refractivity contribution in [2.24, 2.45) is 0 Å². The number of ether oxygens (including phenoxy) is 3. The van der Waals surface area contributed by atoms with Crippen LogP contribution in [0.25, 0.3) is 0 Å².